The molecule has 2 aliphatic rings. The molecule has 150 valence electrons. The summed E-state index contributed by atoms with van der Waals surface area (Å²) >= 11 is 0. The van der Waals surface area contributed by atoms with E-state index in [1.54, 1.807) is 6.07 Å². The van der Waals surface area contributed by atoms with Crippen molar-refractivity contribution in [2.24, 2.45) is 5.92 Å². The molecule has 2 aromatic rings. The molecule has 0 saturated heterocycles. The number of alkyl halides is 3. The second-order valence-electron chi connectivity index (χ2n) is 7.80. The average Bonchev–Trinajstić information content (AvgIpc) is 3.11. The minimum atomic E-state index is -4.34. The number of fused-ring (bicyclic) bond motifs is 3. The number of aliphatic hydroxyl groups excluding tert-OH is 1. The fraction of sp³-hybridized carbons (Fsp3) is 0.455. The van der Waals surface area contributed by atoms with Gasteiger partial charge in [-0.1, -0.05) is 30.3 Å². The minimum Gasteiger partial charge on any atom is -0.396 e. The molecule has 0 radical (unpaired) electrons. The zero-order valence-electron chi connectivity index (χ0n) is 15.5. The quantitative estimate of drug-likeness (QED) is 0.648. The smallest absolute Gasteiger partial charge is 0.396 e. The molecular weight excluding hydrogens is 365 g/mol. The Labute approximate surface area is 163 Å². The predicted molar refractivity (Wildman–Crippen MR) is 103 cm³/mol. The number of hydrogen-bond donors (Lipinski definition) is 3. The summed E-state index contributed by atoms with van der Waals surface area (Å²) in [6.45, 7) is 0.859. The summed E-state index contributed by atoms with van der Waals surface area (Å²) in [4.78, 5) is 0. The van der Waals surface area contributed by atoms with Crippen LogP contribution in [0, 0.1) is 5.92 Å². The fourth-order valence-corrected chi connectivity index (χ4v) is 4.79. The van der Waals surface area contributed by atoms with Gasteiger partial charge in [0, 0.05) is 18.3 Å². The Kier molecular flexibility index (Phi) is 5.34. The Morgan fingerprint density at radius 2 is 1.86 bits per heavy atom. The summed E-state index contributed by atoms with van der Waals surface area (Å²) in [5.41, 5.74) is 2.17. The van der Waals surface area contributed by atoms with Gasteiger partial charge in [0.25, 0.3) is 0 Å². The van der Waals surface area contributed by atoms with Crippen LogP contribution >= 0.6 is 0 Å². The van der Waals surface area contributed by atoms with Gasteiger partial charge in [-0.15, -0.1) is 0 Å². The average molecular weight is 390 g/mol. The SMILES string of the molecule is OCCCN[C@H]1CC2[C@H](C1)c1cc(C(F)(F)F)ccc1N[C@H]2c1ccccc1. The molecule has 0 bridgehead atoms. The van der Waals surface area contributed by atoms with Crippen LogP contribution in [0.3, 0.4) is 0 Å². The molecule has 1 unspecified atom stereocenters. The molecule has 1 aliphatic heterocycles. The highest BCUT2D eigenvalue weighted by atomic mass is 19.4. The Hall–Kier alpha value is -2.05. The summed E-state index contributed by atoms with van der Waals surface area (Å²) in [7, 11) is 0. The first kappa shape index (κ1) is 19.3. The fourth-order valence-electron chi connectivity index (χ4n) is 4.79. The lowest BCUT2D eigenvalue weighted by Crippen LogP contribution is -2.30. The first-order chi connectivity index (χ1) is 13.5. The van der Waals surface area contributed by atoms with Crippen LogP contribution in [-0.2, 0) is 6.18 Å². The van der Waals surface area contributed by atoms with E-state index < -0.39 is 11.7 Å². The lowest BCUT2D eigenvalue weighted by molar-refractivity contribution is -0.137. The van der Waals surface area contributed by atoms with Crippen LogP contribution in [0.1, 0.15) is 47.9 Å². The molecule has 1 fully saturated rings. The normalized spacial score (nSPS) is 26.4. The van der Waals surface area contributed by atoms with E-state index in [0.29, 0.717) is 6.42 Å². The summed E-state index contributed by atoms with van der Waals surface area (Å²) < 4.78 is 39.8. The van der Waals surface area contributed by atoms with E-state index in [1.165, 1.54) is 17.7 Å². The number of aliphatic hydroxyl groups is 1. The van der Waals surface area contributed by atoms with Crippen LogP contribution in [0.2, 0.25) is 0 Å². The number of anilines is 1. The molecule has 1 heterocycles. The van der Waals surface area contributed by atoms with Crippen LogP contribution in [0.5, 0.6) is 0 Å². The molecule has 0 aromatic heterocycles. The van der Waals surface area contributed by atoms with Gasteiger partial charge in [0.1, 0.15) is 0 Å². The summed E-state index contributed by atoms with van der Waals surface area (Å²) in [6.07, 6.45) is -1.94. The first-order valence-corrected chi connectivity index (χ1v) is 9.84. The second kappa shape index (κ2) is 7.76. The minimum absolute atomic E-state index is 0.0791. The zero-order valence-corrected chi connectivity index (χ0v) is 15.5. The Bertz CT molecular complexity index is 809. The maximum Gasteiger partial charge on any atom is 0.416 e. The standard InChI is InChI=1S/C22H25F3N2O/c23-22(24,25)15-7-8-20-18(11-15)17-12-16(26-9-4-10-28)13-19(17)21(27-20)14-5-2-1-3-6-14/h1-3,5-8,11,16-17,19,21,26-28H,4,9-10,12-13H2/t16-,17-,19?,21+/m1/s1. The summed E-state index contributed by atoms with van der Waals surface area (Å²) in [5.74, 6) is 0.306. The second-order valence-corrected chi connectivity index (χ2v) is 7.80. The molecule has 4 rings (SSSR count). The van der Waals surface area contributed by atoms with Crippen molar-refractivity contribution in [2.75, 3.05) is 18.5 Å². The van der Waals surface area contributed by atoms with Crippen LogP contribution in [0.4, 0.5) is 18.9 Å². The van der Waals surface area contributed by atoms with Gasteiger partial charge >= 0.3 is 6.18 Å². The van der Waals surface area contributed by atoms with Crippen LogP contribution in [0.15, 0.2) is 48.5 Å². The van der Waals surface area contributed by atoms with Gasteiger partial charge in [0.15, 0.2) is 0 Å². The molecule has 3 N–H and O–H groups in total. The maximum absolute atomic E-state index is 13.3. The predicted octanol–water partition coefficient (Wildman–Crippen LogP) is 4.71. The van der Waals surface area contributed by atoms with Gasteiger partial charge in [-0.2, -0.15) is 13.2 Å². The zero-order chi connectivity index (χ0) is 19.7. The van der Waals surface area contributed by atoms with E-state index in [4.69, 9.17) is 5.11 Å². The van der Waals surface area contributed by atoms with Crippen molar-refractivity contribution in [3.8, 4) is 0 Å². The Morgan fingerprint density at radius 1 is 1.07 bits per heavy atom. The van der Waals surface area contributed by atoms with E-state index in [0.717, 1.165) is 30.6 Å². The summed E-state index contributed by atoms with van der Waals surface area (Å²) in [6, 6.07) is 14.5. The van der Waals surface area contributed by atoms with E-state index in [-0.39, 0.29) is 30.5 Å². The van der Waals surface area contributed by atoms with E-state index in [9.17, 15) is 13.2 Å². The third-order valence-electron chi connectivity index (χ3n) is 6.06. The van der Waals surface area contributed by atoms with Crippen molar-refractivity contribution in [1.29, 1.82) is 0 Å². The van der Waals surface area contributed by atoms with Crippen molar-refractivity contribution in [3.63, 3.8) is 0 Å². The largest absolute Gasteiger partial charge is 0.416 e. The molecule has 28 heavy (non-hydrogen) atoms. The van der Waals surface area contributed by atoms with Gasteiger partial charge < -0.3 is 15.7 Å². The molecule has 4 atom stereocenters. The van der Waals surface area contributed by atoms with Gasteiger partial charge in [-0.05, 0) is 67.0 Å². The number of nitrogens with one attached hydrogen (secondary N) is 2. The van der Waals surface area contributed by atoms with Crippen molar-refractivity contribution in [3.05, 3.63) is 65.2 Å². The highest BCUT2D eigenvalue weighted by Gasteiger charge is 2.45. The highest BCUT2D eigenvalue weighted by molar-refractivity contribution is 5.59. The molecule has 1 aliphatic carbocycles. The van der Waals surface area contributed by atoms with E-state index in [1.807, 2.05) is 18.2 Å². The first-order valence-electron chi connectivity index (χ1n) is 9.84. The number of halogens is 3. The van der Waals surface area contributed by atoms with Gasteiger partial charge in [-0.25, -0.2) is 0 Å². The third kappa shape index (κ3) is 3.76. The van der Waals surface area contributed by atoms with Gasteiger partial charge in [0.05, 0.1) is 11.6 Å². The molecule has 6 heteroatoms. The van der Waals surface area contributed by atoms with Gasteiger partial charge in [-0.3, -0.25) is 0 Å². The Morgan fingerprint density at radius 3 is 2.57 bits per heavy atom. The van der Waals surface area contributed by atoms with Crippen LogP contribution < -0.4 is 10.6 Å². The van der Waals surface area contributed by atoms with Crippen LogP contribution in [-0.4, -0.2) is 24.3 Å². The number of benzene rings is 2. The topological polar surface area (TPSA) is 44.3 Å². The van der Waals surface area contributed by atoms with Crippen molar-refractivity contribution in [1.82, 2.24) is 5.32 Å². The van der Waals surface area contributed by atoms with E-state index >= 15 is 0 Å². The van der Waals surface area contributed by atoms with Crippen molar-refractivity contribution in [2.45, 2.75) is 43.4 Å². The molecule has 0 spiro atoms. The third-order valence-corrected chi connectivity index (χ3v) is 6.06. The lowest BCUT2D eigenvalue weighted by Gasteiger charge is -2.38. The molecule has 2 aromatic carbocycles. The summed E-state index contributed by atoms with van der Waals surface area (Å²) in [5, 5.41) is 16.0. The molecular formula is C22H25F3N2O. The number of rotatable bonds is 5. The van der Waals surface area contributed by atoms with Crippen molar-refractivity contribution < 1.29 is 18.3 Å². The number of hydrogen-bond acceptors (Lipinski definition) is 3. The van der Waals surface area contributed by atoms with Gasteiger partial charge in [0.2, 0.25) is 0 Å². The lowest BCUT2D eigenvalue weighted by atomic mass is 9.77. The Balaban J connectivity index is 1.67. The van der Waals surface area contributed by atoms with Crippen LogP contribution in [0.25, 0.3) is 0 Å². The molecule has 1 saturated carbocycles. The highest BCUT2D eigenvalue weighted by Crippen LogP contribution is 2.53. The van der Waals surface area contributed by atoms with Crippen molar-refractivity contribution >= 4 is 5.69 Å². The maximum atomic E-state index is 13.3. The monoisotopic (exact) mass is 390 g/mol. The molecule has 3 nitrogen and oxygen atoms in total. The van der Waals surface area contributed by atoms with E-state index in [2.05, 4.69) is 22.8 Å². The molecule has 0 amide bonds.